The number of terminal acetylenes is 1. The van der Waals surface area contributed by atoms with Crippen molar-refractivity contribution < 1.29 is 29.2 Å². The minimum atomic E-state index is -0.351. The summed E-state index contributed by atoms with van der Waals surface area (Å²) in [6.07, 6.45) is 7.27. The summed E-state index contributed by atoms with van der Waals surface area (Å²) in [7, 11) is 6.19. The number of thiophene rings is 4. The van der Waals surface area contributed by atoms with Crippen LogP contribution in [-0.4, -0.2) is 85.8 Å². The zero-order valence-electron chi connectivity index (χ0n) is 55.6. The fourth-order valence-corrected chi connectivity index (χ4v) is 12.4. The van der Waals surface area contributed by atoms with Gasteiger partial charge in [0.15, 0.2) is 0 Å². The molecule has 12 rings (SSSR count). The van der Waals surface area contributed by atoms with E-state index >= 15 is 0 Å². The second kappa shape index (κ2) is 30.3. The first-order chi connectivity index (χ1) is 46.0. The smallest absolute Gasteiger partial charge is 0.368 e. The van der Waals surface area contributed by atoms with Gasteiger partial charge in [0.2, 0.25) is 0 Å². The van der Waals surface area contributed by atoms with Crippen LogP contribution in [-0.2, 0) is 54.6 Å². The first kappa shape index (κ1) is 60.4. The Bertz CT molecular complexity index is 5060. The maximum Gasteiger partial charge on any atom is 0.368 e. The predicted octanol–water partition coefficient (Wildman–Crippen LogP) is 8.99. The van der Waals surface area contributed by atoms with Crippen molar-refractivity contribution in [3.05, 3.63) is 228 Å². The lowest BCUT2D eigenvalue weighted by molar-refractivity contribution is 0.286. The van der Waals surface area contributed by atoms with Gasteiger partial charge in [0.25, 0.3) is 0 Å². The Morgan fingerprint density at radius 1 is 0.446 bits per heavy atom. The third-order valence-corrected chi connectivity index (χ3v) is 17.7. The minimum absolute atomic E-state index is 0.194. The van der Waals surface area contributed by atoms with Crippen molar-refractivity contribution in [1.82, 2.24) is 79.2 Å². The number of tetrazole rings is 4. The Hall–Kier alpha value is -10.5. The number of para-hydroxylation sites is 4. The maximum atomic E-state index is 12.2. The highest BCUT2D eigenvalue weighted by Gasteiger charge is 2.22. The Morgan fingerprint density at radius 2 is 0.783 bits per heavy atom. The van der Waals surface area contributed by atoms with Crippen molar-refractivity contribution in [3.63, 3.8) is 0 Å². The molecule has 0 aliphatic carbocycles. The van der Waals surface area contributed by atoms with E-state index in [1.807, 2.05) is 57.7 Å². The summed E-state index contributed by atoms with van der Waals surface area (Å²) in [6.45, 7) is 16.7. The van der Waals surface area contributed by atoms with E-state index in [0.29, 0.717) is 86.5 Å². The van der Waals surface area contributed by atoms with Crippen molar-refractivity contribution in [1.29, 1.82) is 0 Å². The van der Waals surface area contributed by atoms with Crippen molar-refractivity contribution in [2.45, 2.75) is 68.0 Å². The predicted molar refractivity (Wildman–Crippen MR) is 354 cm³/mol. The fraction of sp³-hybridized carbons (Fsp3) is 0.238. The summed E-state index contributed by atoms with van der Waals surface area (Å²) >= 11 is 5.49. The molecule has 4 aromatic carbocycles. The number of ether oxygens (including phenoxy) is 5. The van der Waals surface area contributed by atoms with Crippen molar-refractivity contribution in [3.8, 4) is 61.1 Å². The van der Waals surface area contributed by atoms with Crippen LogP contribution in [0.1, 0.15) is 73.6 Å². The van der Waals surface area contributed by atoms with E-state index in [1.54, 1.807) is 105 Å². The van der Waals surface area contributed by atoms with Crippen molar-refractivity contribution >= 4 is 51.4 Å². The summed E-state index contributed by atoms with van der Waals surface area (Å²) < 4.78 is 69.3. The van der Waals surface area contributed by atoms with Crippen LogP contribution in [0.5, 0.6) is 28.7 Å². The van der Waals surface area contributed by atoms with Gasteiger partial charge < -0.3 is 23.7 Å². The van der Waals surface area contributed by atoms with Gasteiger partial charge in [-0.05, 0) is 146 Å². The standard InChI is InChI=1S/C16H18N4O3S.C16H16N4O2S.C16H14N4O2S.C15H16N4O2S/c1-4-22-14-10-24-15(20-16(21)19(3)17-18-20)12(14)9-23-13-8-6-5-7-11(13)2;2*1-4-12-10-23-15(20-16(21)19(3)17-18-20)13(12)9-22-14-8-6-5-7-11(14)2;1-10-6-4-5-7-13(10)21-8-12-11(2)9-22-14(12)19-15(20)18(3)16-17-19/h5-8,10H,4,9H2,1-3H3;4-8,10H,1,9H2,2-3H3;1,5-8,10H,9H2,2-3H3;4-7,9H,8H2,1-3H3/i3*5T;4T. The molecular formula is C63H64N16O9S4. The second-order valence-electron chi connectivity index (χ2n) is 19.9. The molecule has 0 aliphatic heterocycles. The maximum absolute atomic E-state index is 12.2. The van der Waals surface area contributed by atoms with Gasteiger partial charge in [-0.15, -0.1) is 70.5 Å². The van der Waals surface area contributed by atoms with Crippen molar-refractivity contribution in [2.24, 2.45) is 28.2 Å². The van der Waals surface area contributed by atoms with E-state index < -0.39 is 0 Å². The van der Waals surface area contributed by atoms with Crippen molar-refractivity contribution in [2.75, 3.05) is 6.61 Å². The quantitative estimate of drug-likeness (QED) is 0.0684. The fourth-order valence-electron chi connectivity index (χ4n) is 8.45. The molecule has 0 aliphatic rings. The zero-order valence-corrected chi connectivity index (χ0v) is 54.9. The average molecular weight is 1330 g/mol. The van der Waals surface area contributed by atoms with Crippen LogP contribution in [0.3, 0.4) is 0 Å². The normalized spacial score (nSPS) is 11.3. The third-order valence-electron chi connectivity index (χ3n) is 13.6. The Morgan fingerprint density at radius 3 is 1.15 bits per heavy atom. The SMILES string of the molecule is [3H]c1ccc(OCc2c(C#C)csc2-n2nnn(C)c2=O)c(C)c1.[3H]c1ccc(OCc2c(C)csc2-n2nnn(C)c2=O)c(C)c1.[3H]c1ccc(OCc2c(C=C)csc2-n2nnn(C)c2=O)c(C)c1.[3H]c1ccc(OCc2c(OCC)csc2-n2nnn(C)c2=O)c(C)c1. The molecule has 0 fully saturated rings. The van der Waals surface area contributed by atoms with Crippen LogP contribution in [0.4, 0.5) is 0 Å². The molecule has 8 heterocycles. The third kappa shape index (κ3) is 15.0. The Balaban J connectivity index is 0.000000150. The number of rotatable bonds is 19. The zero-order chi connectivity index (χ0) is 69.1. The number of hydrogen-bond acceptors (Lipinski definition) is 21. The molecule has 12 aromatic rings. The highest BCUT2D eigenvalue weighted by Crippen LogP contribution is 2.34. The van der Waals surface area contributed by atoms with Crippen LogP contribution >= 0.6 is 45.3 Å². The Kier molecular flexibility index (Phi) is 19.9. The van der Waals surface area contributed by atoms with Crippen LogP contribution in [0.15, 0.2) is 144 Å². The van der Waals surface area contributed by atoms with Crippen LogP contribution in [0, 0.1) is 47.0 Å². The first-order valence-electron chi connectivity index (χ1n) is 29.9. The number of benzene rings is 4. The van der Waals surface area contributed by atoms with E-state index in [-0.39, 0.29) is 42.6 Å². The molecule has 0 atom stereocenters. The lowest BCUT2D eigenvalue weighted by atomic mass is 10.2. The largest absolute Gasteiger partial charge is 0.492 e. The van der Waals surface area contributed by atoms with Gasteiger partial charge in [0.1, 0.15) is 75.2 Å². The molecule has 29 heteroatoms. The molecule has 0 saturated carbocycles. The van der Waals surface area contributed by atoms with E-state index in [1.165, 1.54) is 85.2 Å². The van der Waals surface area contributed by atoms with Crippen LogP contribution in [0.2, 0.25) is 0 Å². The van der Waals surface area contributed by atoms with Gasteiger partial charge in [0, 0.05) is 66.6 Å². The lowest BCUT2D eigenvalue weighted by Gasteiger charge is -2.11. The van der Waals surface area contributed by atoms with Crippen LogP contribution in [0.25, 0.3) is 26.1 Å². The van der Waals surface area contributed by atoms with E-state index in [0.717, 1.165) is 65.5 Å². The first-order valence-corrected chi connectivity index (χ1v) is 31.4. The molecular weight excluding hydrogens is 1250 g/mol. The molecule has 474 valence electrons. The van der Waals surface area contributed by atoms with Crippen LogP contribution < -0.4 is 46.4 Å². The molecule has 92 heavy (non-hydrogen) atoms. The van der Waals surface area contributed by atoms with E-state index in [2.05, 4.69) is 54.2 Å². The number of hydrogen-bond donors (Lipinski definition) is 0. The number of nitrogens with zero attached hydrogens (tertiary/aromatic N) is 16. The molecule has 0 bridgehead atoms. The van der Waals surface area contributed by atoms with E-state index in [4.69, 9.17) is 35.6 Å². The molecule has 25 nitrogen and oxygen atoms in total. The van der Waals surface area contributed by atoms with E-state index in [9.17, 15) is 19.2 Å². The summed E-state index contributed by atoms with van der Waals surface area (Å²) in [4.78, 5) is 48.4. The number of aryl methyl sites for hydroxylation is 9. The van der Waals surface area contributed by atoms with Gasteiger partial charge >= 0.3 is 22.8 Å². The molecule has 0 N–H and O–H groups in total. The molecule has 8 aromatic heterocycles. The molecule has 0 radical (unpaired) electrons. The highest BCUT2D eigenvalue weighted by molar-refractivity contribution is 7.13. The molecule has 0 saturated heterocycles. The van der Waals surface area contributed by atoms with Gasteiger partial charge in [-0.25, -0.2) is 19.2 Å². The summed E-state index contributed by atoms with van der Waals surface area (Å²) in [5.74, 6) is 6.04. The highest BCUT2D eigenvalue weighted by atomic mass is 32.1. The molecule has 0 unspecified atom stereocenters. The summed E-state index contributed by atoms with van der Waals surface area (Å²) in [5.41, 5.74) is 8.00. The second-order valence-corrected chi connectivity index (χ2v) is 23.3. The van der Waals surface area contributed by atoms with Gasteiger partial charge in [-0.2, -0.15) is 18.7 Å². The topological polar surface area (TPSA) is 257 Å². The van der Waals surface area contributed by atoms with Gasteiger partial charge in [-0.3, -0.25) is 0 Å². The average Bonchev–Trinajstić information content (AvgIpc) is 1.72. The summed E-state index contributed by atoms with van der Waals surface area (Å²) in [5, 5.41) is 40.6. The summed E-state index contributed by atoms with van der Waals surface area (Å²) in [6, 6.07) is 22.5. The Labute approximate surface area is 548 Å². The molecule has 0 amide bonds. The lowest BCUT2D eigenvalue weighted by Crippen LogP contribution is -2.22. The van der Waals surface area contributed by atoms with Gasteiger partial charge in [0.05, 0.1) is 17.7 Å². The number of aromatic nitrogens is 16. The van der Waals surface area contributed by atoms with Gasteiger partial charge in [-0.1, -0.05) is 91.3 Å². The molecule has 0 spiro atoms. The monoisotopic (exact) mass is 1320 g/mol. The minimum Gasteiger partial charge on any atom is -0.492 e.